The van der Waals surface area contributed by atoms with Gasteiger partial charge in [0.1, 0.15) is 28.3 Å². The van der Waals surface area contributed by atoms with Crippen molar-refractivity contribution in [2.24, 2.45) is 0 Å². The summed E-state index contributed by atoms with van der Waals surface area (Å²) in [6, 6.07) is 8.74. The fourth-order valence-corrected chi connectivity index (χ4v) is 4.28. The van der Waals surface area contributed by atoms with E-state index in [1.165, 1.54) is 24.3 Å². The van der Waals surface area contributed by atoms with E-state index >= 15 is 0 Å². The van der Waals surface area contributed by atoms with E-state index in [9.17, 15) is 34.4 Å². The molecule has 8 nitrogen and oxygen atoms in total. The SMILES string of the molecule is O=C1C[C@@H](c2cccc(Cl)c2F)c2c(cc(O)c3c(=O)c(O)c(-c4ccc(O)c(O)c4)oc23)O1. The lowest BCUT2D eigenvalue weighted by molar-refractivity contribution is -0.135. The maximum Gasteiger partial charge on any atom is 0.312 e. The molecule has 4 aromatic rings. The van der Waals surface area contributed by atoms with Crippen LogP contribution >= 0.6 is 11.6 Å². The number of hydrogen-bond acceptors (Lipinski definition) is 8. The van der Waals surface area contributed by atoms with Crippen LogP contribution in [-0.4, -0.2) is 26.4 Å². The van der Waals surface area contributed by atoms with E-state index in [0.29, 0.717) is 0 Å². The predicted molar refractivity (Wildman–Crippen MR) is 118 cm³/mol. The van der Waals surface area contributed by atoms with Gasteiger partial charge in [0.2, 0.25) is 11.2 Å². The van der Waals surface area contributed by atoms with Crippen molar-refractivity contribution in [3.05, 3.63) is 74.7 Å². The van der Waals surface area contributed by atoms with E-state index in [4.69, 9.17) is 20.8 Å². The van der Waals surface area contributed by atoms with Gasteiger partial charge in [-0.3, -0.25) is 9.59 Å². The van der Waals surface area contributed by atoms with Gasteiger partial charge >= 0.3 is 5.97 Å². The van der Waals surface area contributed by atoms with Gasteiger partial charge in [0.05, 0.1) is 11.4 Å². The Hall–Kier alpha value is -4.24. The highest BCUT2D eigenvalue weighted by Gasteiger charge is 2.36. The molecule has 172 valence electrons. The number of fused-ring (bicyclic) bond motifs is 3. The molecule has 1 aromatic heterocycles. The number of carbonyl (C=O) groups excluding carboxylic acids is 1. The Labute approximate surface area is 194 Å². The average Bonchev–Trinajstić information content (AvgIpc) is 2.79. The summed E-state index contributed by atoms with van der Waals surface area (Å²) in [5, 5.41) is 39.8. The zero-order valence-electron chi connectivity index (χ0n) is 17.0. The summed E-state index contributed by atoms with van der Waals surface area (Å²) in [6.07, 6.45) is -0.315. The number of rotatable bonds is 2. The molecule has 0 fully saturated rings. The van der Waals surface area contributed by atoms with E-state index in [0.717, 1.165) is 18.2 Å². The molecule has 3 aromatic carbocycles. The molecule has 1 aliphatic rings. The van der Waals surface area contributed by atoms with Crippen molar-refractivity contribution in [2.75, 3.05) is 0 Å². The highest BCUT2D eigenvalue weighted by atomic mass is 35.5. The van der Waals surface area contributed by atoms with Crippen molar-refractivity contribution < 1.29 is 38.8 Å². The Morgan fingerprint density at radius 1 is 0.971 bits per heavy atom. The summed E-state index contributed by atoms with van der Waals surface area (Å²) in [5.41, 5.74) is -1.10. The number of phenolic OH excluding ortho intramolecular Hbond substituents is 3. The molecular weight excluding hydrogens is 471 g/mol. The smallest absolute Gasteiger partial charge is 0.312 e. The van der Waals surface area contributed by atoms with E-state index in [1.807, 2.05) is 0 Å². The van der Waals surface area contributed by atoms with Gasteiger partial charge in [-0.15, -0.1) is 0 Å². The standard InChI is InChI=1S/C24H14ClFO8/c25-12-3-1-2-10(20(12)26)11-7-17(30)33-16-8-15(29)19-21(31)22(32)23(34-24(19)18(11)16)9-4-5-13(27)14(28)6-9/h1-6,8,11,27-29,32H,7H2/t11-/m0/s1. The van der Waals surface area contributed by atoms with Gasteiger partial charge in [-0.1, -0.05) is 23.7 Å². The Bertz CT molecular complexity index is 1580. The van der Waals surface area contributed by atoms with Crippen molar-refractivity contribution in [1.29, 1.82) is 0 Å². The first-order valence-electron chi connectivity index (χ1n) is 9.90. The molecule has 0 spiro atoms. The molecule has 0 saturated carbocycles. The second-order valence-corrected chi connectivity index (χ2v) is 8.11. The first kappa shape index (κ1) is 21.6. The first-order chi connectivity index (χ1) is 16.2. The Kier molecular flexibility index (Phi) is 4.87. The number of phenols is 3. The topological polar surface area (TPSA) is 137 Å². The summed E-state index contributed by atoms with van der Waals surface area (Å²) in [4.78, 5) is 25.3. The van der Waals surface area contributed by atoms with Crippen molar-refractivity contribution >= 4 is 28.5 Å². The van der Waals surface area contributed by atoms with Gasteiger partial charge in [0, 0.05) is 23.1 Å². The van der Waals surface area contributed by atoms with Gasteiger partial charge in [-0.05, 0) is 29.8 Å². The number of carbonyl (C=O) groups is 1. The zero-order chi connectivity index (χ0) is 24.3. The first-order valence-corrected chi connectivity index (χ1v) is 10.3. The summed E-state index contributed by atoms with van der Waals surface area (Å²) in [7, 11) is 0. The third-order valence-corrected chi connectivity index (χ3v) is 5.95. The van der Waals surface area contributed by atoms with E-state index < -0.39 is 51.5 Å². The highest BCUT2D eigenvalue weighted by Crippen LogP contribution is 2.48. The minimum absolute atomic E-state index is 0.0298. The van der Waals surface area contributed by atoms with Gasteiger partial charge in [0.15, 0.2) is 17.3 Å². The lowest BCUT2D eigenvalue weighted by Crippen LogP contribution is -2.22. The van der Waals surface area contributed by atoms with Gasteiger partial charge < -0.3 is 29.6 Å². The quantitative estimate of drug-likeness (QED) is 0.185. The molecule has 2 heterocycles. The number of benzene rings is 3. The molecule has 34 heavy (non-hydrogen) atoms. The number of halogens is 2. The summed E-state index contributed by atoms with van der Waals surface area (Å²) in [5.74, 6) is -5.49. The fourth-order valence-electron chi connectivity index (χ4n) is 4.10. The minimum Gasteiger partial charge on any atom is -0.507 e. The normalized spacial score (nSPS) is 15.2. The maximum atomic E-state index is 14.9. The van der Waals surface area contributed by atoms with Crippen LogP contribution in [-0.2, 0) is 4.79 Å². The number of aromatic hydroxyl groups is 4. The van der Waals surface area contributed by atoms with Crippen LogP contribution in [0.2, 0.25) is 5.02 Å². The molecule has 0 saturated heterocycles. The van der Waals surface area contributed by atoms with E-state index in [-0.39, 0.29) is 45.2 Å². The van der Waals surface area contributed by atoms with Crippen LogP contribution in [0.3, 0.4) is 0 Å². The minimum atomic E-state index is -1.01. The van der Waals surface area contributed by atoms with Gasteiger partial charge in [0.25, 0.3) is 0 Å². The van der Waals surface area contributed by atoms with Crippen molar-refractivity contribution in [3.63, 3.8) is 0 Å². The maximum absolute atomic E-state index is 14.9. The van der Waals surface area contributed by atoms with E-state index in [2.05, 4.69) is 0 Å². The van der Waals surface area contributed by atoms with Crippen molar-refractivity contribution in [1.82, 2.24) is 0 Å². The third-order valence-electron chi connectivity index (χ3n) is 5.66. The molecule has 0 bridgehead atoms. The van der Waals surface area contributed by atoms with Gasteiger partial charge in [-0.25, -0.2) is 4.39 Å². The summed E-state index contributed by atoms with van der Waals surface area (Å²) >= 11 is 5.94. The van der Waals surface area contributed by atoms with E-state index in [1.54, 1.807) is 0 Å². The van der Waals surface area contributed by atoms with Crippen LogP contribution in [0, 0.1) is 5.82 Å². The van der Waals surface area contributed by atoms with Crippen LogP contribution in [0.4, 0.5) is 4.39 Å². The number of esters is 1. The largest absolute Gasteiger partial charge is 0.507 e. The Morgan fingerprint density at radius 3 is 2.47 bits per heavy atom. The monoisotopic (exact) mass is 484 g/mol. The van der Waals surface area contributed by atoms with Crippen molar-refractivity contribution in [2.45, 2.75) is 12.3 Å². The highest BCUT2D eigenvalue weighted by molar-refractivity contribution is 6.30. The Balaban J connectivity index is 1.88. The molecule has 5 rings (SSSR count). The molecule has 0 unspecified atom stereocenters. The molecule has 10 heteroatoms. The van der Waals surface area contributed by atoms with Crippen LogP contribution in [0.5, 0.6) is 28.7 Å². The average molecular weight is 485 g/mol. The molecule has 0 radical (unpaired) electrons. The second kappa shape index (κ2) is 7.67. The van der Waals surface area contributed by atoms with Crippen LogP contribution in [0.1, 0.15) is 23.5 Å². The fraction of sp³-hybridized carbons (Fsp3) is 0.0833. The number of hydrogen-bond donors (Lipinski definition) is 4. The molecule has 1 aliphatic heterocycles. The van der Waals surface area contributed by atoms with Crippen LogP contribution in [0.15, 0.2) is 51.7 Å². The van der Waals surface area contributed by atoms with Crippen LogP contribution in [0.25, 0.3) is 22.3 Å². The lowest BCUT2D eigenvalue weighted by Gasteiger charge is -2.26. The molecule has 1 atom stereocenters. The lowest BCUT2D eigenvalue weighted by atomic mass is 9.84. The zero-order valence-corrected chi connectivity index (χ0v) is 17.8. The van der Waals surface area contributed by atoms with Crippen molar-refractivity contribution in [3.8, 4) is 40.1 Å². The number of ether oxygens (including phenoxy) is 1. The molecular formula is C24H14ClFO8. The molecule has 4 N–H and O–H groups in total. The predicted octanol–water partition coefficient (Wildman–Crippen LogP) is 4.52. The summed E-state index contributed by atoms with van der Waals surface area (Å²) < 4.78 is 26.0. The molecule has 0 amide bonds. The Morgan fingerprint density at radius 2 is 1.74 bits per heavy atom. The van der Waals surface area contributed by atoms with Crippen LogP contribution < -0.4 is 10.2 Å². The second-order valence-electron chi connectivity index (χ2n) is 7.70. The van der Waals surface area contributed by atoms with Gasteiger partial charge in [-0.2, -0.15) is 0 Å². The third kappa shape index (κ3) is 3.20. The molecule has 0 aliphatic carbocycles. The summed E-state index contributed by atoms with van der Waals surface area (Å²) in [6.45, 7) is 0.